The summed E-state index contributed by atoms with van der Waals surface area (Å²) in [5.74, 6) is 3.64. The van der Waals surface area contributed by atoms with Gasteiger partial charge in [-0.1, -0.05) is 19.9 Å². The Kier molecular flexibility index (Phi) is 4.11. The average molecular weight is 251 g/mol. The molecular weight excluding hydrogens is 238 g/mol. The summed E-state index contributed by atoms with van der Waals surface area (Å²) in [7, 11) is 0. The topological polar surface area (TPSA) is 107 Å². The van der Waals surface area contributed by atoms with E-state index >= 15 is 0 Å². The van der Waals surface area contributed by atoms with E-state index in [0.29, 0.717) is 5.01 Å². The second-order valence-corrected chi connectivity index (χ2v) is 3.98. The minimum atomic E-state index is -0.766. The second-order valence-electron chi connectivity index (χ2n) is 3.98. The standard InChI is InChI=1S/C11H13N3O4/c1-7(2)10(15)13(12)11(16)8-4-3-5-9(6-8)14(17)18/h3-7H,12H2,1-2H3. The van der Waals surface area contributed by atoms with E-state index in [2.05, 4.69) is 0 Å². The van der Waals surface area contributed by atoms with Crippen LogP contribution in [0.2, 0.25) is 0 Å². The molecule has 1 rings (SSSR count). The van der Waals surface area contributed by atoms with E-state index in [1.807, 2.05) is 0 Å². The summed E-state index contributed by atoms with van der Waals surface area (Å²) < 4.78 is 0. The Morgan fingerprint density at radius 2 is 2.00 bits per heavy atom. The third-order valence-electron chi connectivity index (χ3n) is 2.25. The van der Waals surface area contributed by atoms with Crippen LogP contribution in [0, 0.1) is 16.0 Å². The molecule has 0 aromatic heterocycles. The molecule has 1 aromatic carbocycles. The van der Waals surface area contributed by atoms with Crippen LogP contribution in [0.25, 0.3) is 0 Å². The Bertz CT molecular complexity index is 499. The third kappa shape index (κ3) is 2.89. The van der Waals surface area contributed by atoms with Crippen LogP contribution in [0.5, 0.6) is 0 Å². The van der Waals surface area contributed by atoms with E-state index in [4.69, 9.17) is 5.84 Å². The fourth-order valence-corrected chi connectivity index (χ4v) is 1.27. The zero-order chi connectivity index (χ0) is 13.9. The first-order valence-corrected chi connectivity index (χ1v) is 5.22. The third-order valence-corrected chi connectivity index (χ3v) is 2.25. The second kappa shape index (κ2) is 5.37. The number of imide groups is 1. The van der Waals surface area contributed by atoms with Crippen LogP contribution in [0.3, 0.4) is 0 Å². The highest BCUT2D eigenvalue weighted by atomic mass is 16.6. The van der Waals surface area contributed by atoms with E-state index in [1.54, 1.807) is 13.8 Å². The van der Waals surface area contributed by atoms with Crippen molar-refractivity contribution in [3.63, 3.8) is 0 Å². The van der Waals surface area contributed by atoms with Crippen molar-refractivity contribution in [1.82, 2.24) is 5.01 Å². The number of nitro benzene ring substituents is 1. The van der Waals surface area contributed by atoms with Crippen LogP contribution in [0.15, 0.2) is 24.3 Å². The first-order chi connectivity index (χ1) is 8.34. The van der Waals surface area contributed by atoms with E-state index in [1.165, 1.54) is 18.2 Å². The molecule has 0 bridgehead atoms. The van der Waals surface area contributed by atoms with Crippen molar-refractivity contribution in [3.8, 4) is 0 Å². The Morgan fingerprint density at radius 3 is 2.50 bits per heavy atom. The molecule has 0 saturated heterocycles. The molecule has 2 N–H and O–H groups in total. The summed E-state index contributed by atoms with van der Waals surface area (Å²) in [6, 6.07) is 5.06. The minimum absolute atomic E-state index is 0.000648. The molecule has 7 nitrogen and oxygen atoms in total. The van der Waals surface area contributed by atoms with Gasteiger partial charge >= 0.3 is 0 Å². The minimum Gasteiger partial charge on any atom is -0.273 e. The van der Waals surface area contributed by atoms with Gasteiger partial charge in [0.2, 0.25) is 5.91 Å². The van der Waals surface area contributed by atoms with Crippen LogP contribution in [0.4, 0.5) is 5.69 Å². The Hall–Kier alpha value is -2.28. The van der Waals surface area contributed by atoms with Crippen LogP contribution in [-0.2, 0) is 4.79 Å². The van der Waals surface area contributed by atoms with Crippen molar-refractivity contribution in [1.29, 1.82) is 0 Å². The fourth-order valence-electron chi connectivity index (χ4n) is 1.27. The van der Waals surface area contributed by atoms with Crippen molar-refractivity contribution >= 4 is 17.5 Å². The van der Waals surface area contributed by atoms with Gasteiger partial charge in [0.05, 0.1) is 4.92 Å². The molecule has 0 saturated carbocycles. The molecule has 0 aliphatic carbocycles. The van der Waals surface area contributed by atoms with E-state index in [9.17, 15) is 19.7 Å². The van der Waals surface area contributed by atoms with Crippen LogP contribution < -0.4 is 5.84 Å². The number of hydrogen-bond donors (Lipinski definition) is 1. The van der Waals surface area contributed by atoms with Crippen molar-refractivity contribution in [2.75, 3.05) is 0 Å². The first kappa shape index (κ1) is 13.8. The normalized spacial score (nSPS) is 10.2. The highest BCUT2D eigenvalue weighted by Gasteiger charge is 2.23. The van der Waals surface area contributed by atoms with Crippen molar-refractivity contribution in [2.24, 2.45) is 11.8 Å². The van der Waals surface area contributed by atoms with Gasteiger partial charge in [0.15, 0.2) is 0 Å². The van der Waals surface area contributed by atoms with Crippen molar-refractivity contribution in [3.05, 3.63) is 39.9 Å². The lowest BCUT2D eigenvalue weighted by atomic mass is 10.1. The first-order valence-electron chi connectivity index (χ1n) is 5.22. The SMILES string of the molecule is CC(C)C(=O)N(N)C(=O)c1cccc([N+](=O)[O-])c1. The number of nitrogens with two attached hydrogens (primary N) is 1. The van der Waals surface area contributed by atoms with Gasteiger partial charge in [0.25, 0.3) is 11.6 Å². The summed E-state index contributed by atoms with van der Waals surface area (Å²) in [4.78, 5) is 33.3. The summed E-state index contributed by atoms with van der Waals surface area (Å²) in [6.07, 6.45) is 0. The Morgan fingerprint density at radius 1 is 1.39 bits per heavy atom. The predicted octanol–water partition coefficient (Wildman–Crippen LogP) is 1.09. The van der Waals surface area contributed by atoms with Crippen LogP contribution in [-0.4, -0.2) is 21.7 Å². The zero-order valence-electron chi connectivity index (χ0n) is 9.99. The van der Waals surface area contributed by atoms with Gasteiger partial charge in [0.1, 0.15) is 0 Å². The summed E-state index contributed by atoms with van der Waals surface area (Å²) in [5, 5.41) is 11.0. The average Bonchev–Trinajstić information content (AvgIpc) is 2.36. The maximum Gasteiger partial charge on any atom is 0.275 e. The highest BCUT2D eigenvalue weighted by molar-refractivity contribution is 6.04. The molecule has 0 aliphatic heterocycles. The molecule has 0 heterocycles. The fraction of sp³-hybridized carbons (Fsp3) is 0.273. The van der Waals surface area contributed by atoms with E-state index in [0.717, 1.165) is 6.07 Å². The van der Waals surface area contributed by atoms with E-state index in [-0.39, 0.29) is 11.3 Å². The molecule has 0 fully saturated rings. The number of nitrogens with zero attached hydrogens (tertiary/aromatic N) is 2. The maximum absolute atomic E-state index is 11.8. The lowest BCUT2D eigenvalue weighted by Crippen LogP contribution is -2.44. The zero-order valence-corrected chi connectivity index (χ0v) is 9.99. The Labute approximate surface area is 103 Å². The number of benzene rings is 1. The number of hydrazine groups is 1. The van der Waals surface area contributed by atoms with Gasteiger partial charge < -0.3 is 0 Å². The predicted molar refractivity (Wildman–Crippen MR) is 63.3 cm³/mol. The smallest absolute Gasteiger partial charge is 0.273 e. The van der Waals surface area contributed by atoms with Gasteiger partial charge in [-0.3, -0.25) is 19.7 Å². The monoisotopic (exact) mass is 251 g/mol. The number of non-ortho nitro benzene ring substituents is 1. The van der Waals surface area contributed by atoms with Crippen LogP contribution >= 0.6 is 0 Å². The lowest BCUT2D eigenvalue weighted by molar-refractivity contribution is -0.384. The summed E-state index contributed by atoms with van der Waals surface area (Å²) in [5.41, 5.74) is -0.230. The molecule has 96 valence electrons. The van der Waals surface area contributed by atoms with Gasteiger partial charge in [-0.25, -0.2) is 10.9 Å². The number of carbonyl (C=O) groups excluding carboxylic acids is 2. The van der Waals surface area contributed by atoms with Gasteiger partial charge in [0, 0.05) is 23.6 Å². The van der Waals surface area contributed by atoms with Gasteiger partial charge in [-0.15, -0.1) is 0 Å². The molecule has 0 radical (unpaired) electrons. The lowest BCUT2D eigenvalue weighted by Gasteiger charge is -2.16. The Balaban J connectivity index is 3.00. The van der Waals surface area contributed by atoms with Crippen molar-refractivity contribution in [2.45, 2.75) is 13.8 Å². The van der Waals surface area contributed by atoms with Crippen LogP contribution in [0.1, 0.15) is 24.2 Å². The quantitative estimate of drug-likeness (QED) is 0.374. The number of rotatable bonds is 3. The number of nitro groups is 1. The molecule has 0 aliphatic rings. The largest absolute Gasteiger partial charge is 0.275 e. The van der Waals surface area contributed by atoms with Crippen molar-refractivity contribution < 1.29 is 14.5 Å². The van der Waals surface area contributed by atoms with Gasteiger partial charge in [-0.05, 0) is 6.07 Å². The maximum atomic E-state index is 11.8. The molecule has 2 amide bonds. The van der Waals surface area contributed by atoms with E-state index < -0.39 is 22.7 Å². The number of amides is 2. The molecule has 18 heavy (non-hydrogen) atoms. The number of hydrogen-bond acceptors (Lipinski definition) is 5. The molecule has 7 heteroatoms. The molecule has 0 unspecified atom stereocenters. The summed E-state index contributed by atoms with van der Waals surface area (Å²) >= 11 is 0. The molecule has 1 aromatic rings. The molecular formula is C11H13N3O4. The highest BCUT2D eigenvalue weighted by Crippen LogP contribution is 2.14. The summed E-state index contributed by atoms with van der Waals surface area (Å²) in [6.45, 7) is 3.20. The molecule has 0 spiro atoms. The molecule has 0 atom stereocenters. The number of carbonyl (C=O) groups is 2. The van der Waals surface area contributed by atoms with Gasteiger partial charge in [-0.2, -0.15) is 0 Å².